The van der Waals surface area contributed by atoms with Crippen molar-refractivity contribution in [2.45, 2.75) is 23.5 Å². The molecular formula is C19H18N4O2S. The molecule has 2 N–H and O–H groups in total. The van der Waals surface area contributed by atoms with Gasteiger partial charge in [-0.25, -0.2) is 4.98 Å². The summed E-state index contributed by atoms with van der Waals surface area (Å²) >= 11 is 1.66. The molecule has 0 radical (unpaired) electrons. The Labute approximate surface area is 155 Å². The van der Waals surface area contributed by atoms with Gasteiger partial charge < -0.3 is 4.40 Å². The molecule has 2 amide bonds. The van der Waals surface area contributed by atoms with E-state index in [2.05, 4.69) is 15.8 Å². The Morgan fingerprint density at radius 1 is 1.12 bits per heavy atom. The molecule has 2 heterocycles. The minimum Gasteiger partial charge on any atom is -0.307 e. The van der Waals surface area contributed by atoms with Gasteiger partial charge in [0.2, 0.25) is 5.91 Å². The van der Waals surface area contributed by atoms with E-state index >= 15 is 0 Å². The largest absolute Gasteiger partial charge is 0.307 e. The summed E-state index contributed by atoms with van der Waals surface area (Å²) in [5.41, 5.74) is 7.37. The van der Waals surface area contributed by atoms with Crippen LogP contribution in [0.2, 0.25) is 0 Å². The predicted octanol–water partition coefficient (Wildman–Crippen LogP) is 2.80. The van der Waals surface area contributed by atoms with Gasteiger partial charge in [0, 0.05) is 34.5 Å². The maximum Gasteiger partial charge on any atom is 0.269 e. The van der Waals surface area contributed by atoms with Crippen molar-refractivity contribution in [1.29, 1.82) is 0 Å². The first kappa shape index (κ1) is 16.7. The van der Waals surface area contributed by atoms with E-state index in [1.54, 1.807) is 23.9 Å². The summed E-state index contributed by atoms with van der Waals surface area (Å²) in [6.45, 7) is 0. The number of hydrogen-bond acceptors (Lipinski definition) is 4. The van der Waals surface area contributed by atoms with Crippen molar-refractivity contribution in [3.8, 4) is 0 Å². The van der Waals surface area contributed by atoms with E-state index in [0.717, 1.165) is 34.8 Å². The summed E-state index contributed by atoms with van der Waals surface area (Å²) in [6.07, 6.45) is 5.80. The number of nitrogens with zero attached hydrogens (tertiary/aromatic N) is 2. The summed E-state index contributed by atoms with van der Waals surface area (Å²) in [5, 5.41) is 0. The minimum absolute atomic E-state index is 0.0636. The van der Waals surface area contributed by atoms with Gasteiger partial charge in [0.05, 0.1) is 5.69 Å². The molecule has 3 aromatic rings. The highest BCUT2D eigenvalue weighted by Crippen LogP contribution is 2.28. The van der Waals surface area contributed by atoms with Crippen LogP contribution < -0.4 is 10.9 Å². The number of carbonyl (C=O) groups excluding carboxylic acids is 2. The maximum absolute atomic E-state index is 12.0. The Kier molecular flexibility index (Phi) is 4.62. The first-order chi connectivity index (χ1) is 12.7. The molecule has 1 fully saturated rings. The molecule has 132 valence electrons. The summed E-state index contributed by atoms with van der Waals surface area (Å²) < 4.78 is 2.00. The number of thioether (sulfide) groups is 1. The number of imidazole rings is 1. The number of fused-ring (bicyclic) bond motifs is 1. The Bertz CT molecular complexity index is 915. The fourth-order valence-electron chi connectivity index (χ4n) is 2.55. The molecule has 0 saturated heterocycles. The number of nitrogens with one attached hydrogen (secondary N) is 2. The summed E-state index contributed by atoms with van der Waals surface area (Å²) in [7, 11) is 0. The van der Waals surface area contributed by atoms with Crippen LogP contribution in [0.5, 0.6) is 0 Å². The van der Waals surface area contributed by atoms with Gasteiger partial charge in [-0.05, 0) is 49.2 Å². The molecule has 2 aromatic heterocycles. The molecule has 0 unspecified atom stereocenters. The zero-order valence-electron chi connectivity index (χ0n) is 14.0. The van der Waals surface area contributed by atoms with Crippen molar-refractivity contribution in [2.75, 3.05) is 0 Å². The van der Waals surface area contributed by atoms with E-state index < -0.39 is 0 Å². The topological polar surface area (TPSA) is 75.5 Å². The average Bonchev–Trinajstić information content (AvgIpc) is 3.44. The summed E-state index contributed by atoms with van der Waals surface area (Å²) in [5.74, 6) is 0.396. The van der Waals surface area contributed by atoms with Crippen molar-refractivity contribution in [2.24, 2.45) is 5.92 Å². The van der Waals surface area contributed by atoms with E-state index in [-0.39, 0.29) is 17.7 Å². The quantitative estimate of drug-likeness (QED) is 0.538. The number of aromatic nitrogens is 2. The molecular weight excluding hydrogens is 348 g/mol. The van der Waals surface area contributed by atoms with Crippen LogP contribution >= 0.6 is 11.8 Å². The van der Waals surface area contributed by atoms with Crippen LogP contribution in [0.4, 0.5) is 0 Å². The molecule has 0 atom stereocenters. The van der Waals surface area contributed by atoms with E-state index in [0.29, 0.717) is 5.56 Å². The smallest absolute Gasteiger partial charge is 0.269 e. The molecule has 6 nitrogen and oxygen atoms in total. The van der Waals surface area contributed by atoms with Gasteiger partial charge in [0.15, 0.2) is 0 Å². The number of amides is 2. The molecule has 1 aliphatic rings. The molecule has 26 heavy (non-hydrogen) atoms. The number of pyridine rings is 1. The van der Waals surface area contributed by atoms with E-state index in [1.807, 2.05) is 47.1 Å². The lowest BCUT2D eigenvalue weighted by Gasteiger charge is -2.07. The number of rotatable bonds is 5. The van der Waals surface area contributed by atoms with E-state index in [9.17, 15) is 9.59 Å². The monoisotopic (exact) mass is 366 g/mol. The summed E-state index contributed by atoms with van der Waals surface area (Å²) in [4.78, 5) is 29.2. The zero-order valence-corrected chi connectivity index (χ0v) is 14.8. The number of hydrazine groups is 1. The van der Waals surface area contributed by atoms with Gasteiger partial charge in [-0.15, -0.1) is 11.8 Å². The molecule has 0 bridgehead atoms. The Hall–Kier alpha value is -2.80. The van der Waals surface area contributed by atoms with Crippen LogP contribution in [-0.2, 0) is 10.5 Å². The minimum atomic E-state index is -0.309. The highest BCUT2D eigenvalue weighted by Gasteiger charge is 2.29. The van der Waals surface area contributed by atoms with Crippen LogP contribution in [0.15, 0.2) is 59.8 Å². The molecule has 1 saturated carbocycles. The molecule has 1 aliphatic carbocycles. The van der Waals surface area contributed by atoms with Crippen LogP contribution in [-0.4, -0.2) is 21.2 Å². The first-order valence-electron chi connectivity index (χ1n) is 8.45. The second-order valence-corrected chi connectivity index (χ2v) is 7.28. The van der Waals surface area contributed by atoms with Gasteiger partial charge in [-0.3, -0.25) is 20.4 Å². The van der Waals surface area contributed by atoms with Crippen molar-refractivity contribution in [1.82, 2.24) is 20.2 Å². The van der Waals surface area contributed by atoms with E-state index in [1.165, 1.54) is 0 Å². The highest BCUT2D eigenvalue weighted by molar-refractivity contribution is 7.98. The van der Waals surface area contributed by atoms with Crippen LogP contribution in [0.25, 0.3) is 5.65 Å². The fourth-order valence-corrected chi connectivity index (χ4v) is 3.34. The van der Waals surface area contributed by atoms with Crippen molar-refractivity contribution in [3.05, 3.63) is 66.1 Å². The predicted molar refractivity (Wildman–Crippen MR) is 99.5 cm³/mol. The van der Waals surface area contributed by atoms with Crippen molar-refractivity contribution in [3.63, 3.8) is 0 Å². The van der Waals surface area contributed by atoms with E-state index in [4.69, 9.17) is 0 Å². The average molecular weight is 366 g/mol. The van der Waals surface area contributed by atoms with Crippen molar-refractivity contribution >= 4 is 29.2 Å². The maximum atomic E-state index is 12.0. The molecule has 7 heteroatoms. The molecule has 4 rings (SSSR count). The normalized spacial score (nSPS) is 13.5. The standard InChI is InChI=1S/C19H18N4O2S/c24-18(13-4-5-13)21-22-19(25)14-6-8-16(9-7-14)26-12-15-11-23-10-2-1-3-17(23)20-15/h1-3,6-11,13H,4-5,12H2,(H,21,24)(H,22,25). The van der Waals surface area contributed by atoms with Crippen LogP contribution in [0.1, 0.15) is 28.9 Å². The first-order valence-corrected chi connectivity index (χ1v) is 9.43. The van der Waals surface area contributed by atoms with Gasteiger partial charge >= 0.3 is 0 Å². The zero-order chi connectivity index (χ0) is 17.9. The number of benzene rings is 1. The lowest BCUT2D eigenvalue weighted by Crippen LogP contribution is -2.42. The van der Waals surface area contributed by atoms with Gasteiger partial charge in [-0.1, -0.05) is 6.07 Å². The fraction of sp³-hybridized carbons (Fsp3) is 0.211. The highest BCUT2D eigenvalue weighted by atomic mass is 32.2. The van der Waals surface area contributed by atoms with Crippen molar-refractivity contribution < 1.29 is 9.59 Å². The number of hydrogen-bond donors (Lipinski definition) is 2. The number of carbonyl (C=O) groups is 2. The Balaban J connectivity index is 1.31. The lowest BCUT2D eigenvalue weighted by molar-refractivity contribution is -0.123. The molecule has 0 spiro atoms. The van der Waals surface area contributed by atoms with Gasteiger partial charge in [0.1, 0.15) is 5.65 Å². The van der Waals surface area contributed by atoms with Crippen LogP contribution in [0.3, 0.4) is 0 Å². The lowest BCUT2D eigenvalue weighted by atomic mass is 10.2. The third-order valence-electron chi connectivity index (χ3n) is 4.16. The Morgan fingerprint density at radius 3 is 2.65 bits per heavy atom. The Morgan fingerprint density at radius 2 is 1.92 bits per heavy atom. The summed E-state index contributed by atoms with van der Waals surface area (Å²) in [6, 6.07) is 13.2. The molecule has 1 aromatic carbocycles. The van der Waals surface area contributed by atoms with Gasteiger partial charge in [0.25, 0.3) is 5.91 Å². The molecule has 0 aliphatic heterocycles. The SMILES string of the molecule is O=C(NNC(=O)C1CC1)c1ccc(SCc2cn3ccccc3n2)cc1. The second-order valence-electron chi connectivity index (χ2n) is 6.23. The third kappa shape index (κ3) is 3.88. The van der Waals surface area contributed by atoms with Gasteiger partial charge in [-0.2, -0.15) is 0 Å². The third-order valence-corrected chi connectivity index (χ3v) is 5.21. The second kappa shape index (κ2) is 7.21. The van der Waals surface area contributed by atoms with Crippen LogP contribution in [0, 0.1) is 5.92 Å².